The SMILES string of the molecule is O=C(CCN(CCNCCc1ccc(O)c2[nH]c(=O)sc12)C1CCCCCC1)NCCc1ccc(Cl)cc1. The van der Waals surface area contributed by atoms with Gasteiger partial charge in [0.15, 0.2) is 0 Å². The molecule has 1 heterocycles. The normalized spacial score (nSPS) is 14.7. The molecule has 1 aromatic heterocycles. The number of amides is 1. The first-order chi connectivity index (χ1) is 18.5. The summed E-state index contributed by atoms with van der Waals surface area (Å²) in [6.07, 6.45) is 9.63. The number of halogens is 1. The highest BCUT2D eigenvalue weighted by molar-refractivity contribution is 7.16. The Labute approximate surface area is 233 Å². The maximum absolute atomic E-state index is 12.6. The number of phenolic OH excluding ortho intramolecular Hbond substituents is 1. The number of phenols is 1. The van der Waals surface area contributed by atoms with Crippen molar-refractivity contribution in [2.45, 2.75) is 63.8 Å². The number of rotatable bonds is 13. The number of benzene rings is 2. The van der Waals surface area contributed by atoms with Crippen LogP contribution in [0.4, 0.5) is 0 Å². The average molecular weight is 559 g/mol. The van der Waals surface area contributed by atoms with Crippen LogP contribution in [0.1, 0.15) is 56.1 Å². The number of H-pyrrole nitrogens is 1. The van der Waals surface area contributed by atoms with Gasteiger partial charge in [0.1, 0.15) is 11.3 Å². The topological polar surface area (TPSA) is 97.5 Å². The van der Waals surface area contributed by atoms with Crippen LogP contribution in [0.25, 0.3) is 10.2 Å². The van der Waals surface area contributed by atoms with Gasteiger partial charge < -0.3 is 20.7 Å². The van der Waals surface area contributed by atoms with Gasteiger partial charge >= 0.3 is 4.87 Å². The maximum atomic E-state index is 12.6. The van der Waals surface area contributed by atoms with Gasteiger partial charge in [-0.1, -0.05) is 66.8 Å². The molecule has 38 heavy (non-hydrogen) atoms. The molecule has 0 saturated heterocycles. The highest BCUT2D eigenvalue weighted by Crippen LogP contribution is 2.28. The second kappa shape index (κ2) is 14.7. The number of carbonyl (C=O) groups is 1. The molecule has 1 amide bonds. The number of hydrogen-bond acceptors (Lipinski definition) is 6. The van der Waals surface area contributed by atoms with Gasteiger partial charge in [0, 0.05) is 43.7 Å². The van der Waals surface area contributed by atoms with Crippen molar-refractivity contribution in [2.24, 2.45) is 0 Å². The van der Waals surface area contributed by atoms with E-state index >= 15 is 0 Å². The van der Waals surface area contributed by atoms with Gasteiger partial charge in [-0.25, -0.2) is 0 Å². The first-order valence-corrected chi connectivity index (χ1v) is 15.0. The first-order valence-electron chi connectivity index (χ1n) is 13.8. The number of aromatic nitrogens is 1. The summed E-state index contributed by atoms with van der Waals surface area (Å²) in [4.78, 5) is 29.4. The van der Waals surface area contributed by atoms with Gasteiger partial charge in [-0.2, -0.15) is 0 Å². The largest absolute Gasteiger partial charge is 0.506 e. The van der Waals surface area contributed by atoms with E-state index in [2.05, 4.69) is 20.5 Å². The van der Waals surface area contributed by atoms with E-state index in [9.17, 15) is 14.7 Å². The summed E-state index contributed by atoms with van der Waals surface area (Å²) in [5, 5.41) is 17.4. The third-order valence-electron chi connectivity index (χ3n) is 7.40. The van der Waals surface area contributed by atoms with Crippen LogP contribution < -0.4 is 15.5 Å². The van der Waals surface area contributed by atoms with Crippen LogP contribution in [0.3, 0.4) is 0 Å². The lowest BCUT2D eigenvalue weighted by atomic mass is 10.1. The number of fused-ring (bicyclic) bond motifs is 1. The number of nitrogens with zero attached hydrogens (tertiary/aromatic N) is 1. The Morgan fingerprint density at radius 1 is 1.00 bits per heavy atom. The molecule has 3 aromatic rings. The van der Waals surface area contributed by atoms with Gasteiger partial charge in [-0.3, -0.25) is 14.5 Å². The number of aromatic amines is 1. The van der Waals surface area contributed by atoms with E-state index in [1.54, 1.807) is 6.07 Å². The van der Waals surface area contributed by atoms with Gasteiger partial charge in [-0.05, 0) is 61.6 Å². The predicted molar refractivity (Wildman–Crippen MR) is 157 cm³/mol. The summed E-state index contributed by atoms with van der Waals surface area (Å²) in [6.45, 7) is 3.95. The number of thiazole rings is 1. The lowest BCUT2D eigenvalue weighted by Gasteiger charge is -2.31. The van der Waals surface area contributed by atoms with Gasteiger partial charge in [0.25, 0.3) is 0 Å². The van der Waals surface area contributed by atoms with E-state index < -0.39 is 0 Å². The van der Waals surface area contributed by atoms with Crippen LogP contribution in [-0.2, 0) is 17.6 Å². The molecular weight excluding hydrogens is 520 g/mol. The van der Waals surface area contributed by atoms with Crippen molar-refractivity contribution in [2.75, 3.05) is 32.7 Å². The standard InChI is InChI=1S/C29H39ClN4O3S/c30-23-10-7-21(8-11-23)13-17-32-26(36)15-19-34(24-5-3-1-2-4-6-24)20-18-31-16-14-22-9-12-25(35)27-28(22)38-29(37)33-27/h7-12,24,31,35H,1-6,13-20H2,(H,32,36)(H,33,37). The molecule has 0 atom stereocenters. The van der Waals surface area contributed by atoms with Gasteiger partial charge in [-0.15, -0.1) is 0 Å². The number of aromatic hydroxyl groups is 1. The molecule has 0 spiro atoms. The molecule has 4 N–H and O–H groups in total. The van der Waals surface area contributed by atoms with Crippen LogP contribution in [0, 0.1) is 0 Å². The fraction of sp³-hybridized carbons (Fsp3) is 0.517. The number of hydrogen-bond donors (Lipinski definition) is 4. The summed E-state index contributed by atoms with van der Waals surface area (Å²) in [6, 6.07) is 11.8. The summed E-state index contributed by atoms with van der Waals surface area (Å²) in [5.74, 6) is 0.218. The van der Waals surface area contributed by atoms with Crippen molar-refractivity contribution in [3.05, 3.63) is 62.2 Å². The van der Waals surface area contributed by atoms with Crippen LogP contribution in [0.5, 0.6) is 5.75 Å². The number of carbonyl (C=O) groups excluding carboxylic acids is 1. The zero-order valence-corrected chi connectivity index (χ0v) is 23.5. The predicted octanol–water partition coefficient (Wildman–Crippen LogP) is 4.85. The third kappa shape index (κ3) is 8.56. The Kier molecular flexibility index (Phi) is 11.1. The first kappa shape index (κ1) is 28.6. The summed E-state index contributed by atoms with van der Waals surface area (Å²) >= 11 is 7.10. The minimum Gasteiger partial charge on any atom is -0.506 e. The van der Waals surface area contributed by atoms with Crippen molar-refractivity contribution in [3.63, 3.8) is 0 Å². The summed E-state index contributed by atoms with van der Waals surface area (Å²) in [5.41, 5.74) is 2.76. The molecule has 2 aromatic carbocycles. The summed E-state index contributed by atoms with van der Waals surface area (Å²) < 4.78 is 0.832. The van der Waals surface area contributed by atoms with Crippen molar-refractivity contribution >= 4 is 39.1 Å². The fourth-order valence-electron chi connectivity index (χ4n) is 5.27. The van der Waals surface area contributed by atoms with Crippen LogP contribution in [-0.4, -0.2) is 59.7 Å². The zero-order valence-electron chi connectivity index (χ0n) is 21.9. The second-order valence-corrected chi connectivity index (χ2v) is 11.5. The van der Waals surface area contributed by atoms with Crippen LogP contribution >= 0.6 is 22.9 Å². The molecule has 0 unspecified atom stereocenters. The average Bonchev–Trinajstić information content (AvgIpc) is 3.12. The number of nitrogens with one attached hydrogen (secondary N) is 3. The Morgan fingerprint density at radius 2 is 1.76 bits per heavy atom. The molecular formula is C29H39ClN4O3S. The molecule has 1 aliphatic carbocycles. The van der Waals surface area contributed by atoms with Gasteiger partial charge in [0.05, 0.1) is 4.70 Å². The van der Waals surface area contributed by atoms with E-state index in [4.69, 9.17) is 11.6 Å². The monoisotopic (exact) mass is 558 g/mol. The molecule has 9 heteroatoms. The van der Waals surface area contributed by atoms with E-state index in [1.165, 1.54) is 44.1 Å². The lowest BCUT2D eigenvalue weighted by molar-refractivity contribution is -0.121. The quantitative estimate of drug-likeness (QED) is 0.177. The molecule has 1 saturated carbocycles. The Hall–Kier alpha value is -2.39. The molecule has 206 valence electrons. The Morgan fingerprint density at radius 3 is 2.53 bits per heavy atom. The lowest BCUT2D eigenvalue weighted by Crippen LogP contribution is -2.42. The fourth-order valence-corrected chi connectivity index (χ4v) is 6.29. The smallest absolute Gasteiger partial charge is 0.305 e. The molecule has 7 nitrogen and oxygen atoms in total. The van der Waals surface area contributed by atoms with Crippen molar-refractivity contribution < 1.29 is 9.90 Å². The van der Waals surface area contributed by atoms with Crippen LogP contribution in [0.2, 0.25) is 5.02 Å². The van der Waals surface area contributed by atoms with Crippen molar-refractivity contribution in [3.8, 4) is 5.75 Å². The van der Waals surface area contributed by atoms with E-state index in [0.29, 0.717) is 24.5 Å². The third-order valence-corrected chi connectivity index (χ3v) is 8.61. The molecule has 1 fully saturated rings. The molecule has 1 aliphatic rings. The van der Waals surface area contributed by atoms with Crippen LogP contribution in [0.15, 0.2) is 41.2 Å². The van der Waals surface area contributed by atoms with Gasteiger partial charge in [0.2, 0.25) is 5.91 Å². The minimum absolute atomic E-state index is 0.104. The Bertz CT molecular complexity index is 1220. The second-order valence-electron chi connectivity index (χ2n) is 10.1. The van der Waals surface area contributed by atoms with E-state index in [0.717, 1.165) is 65.6 Å². The van der Waals surface area contributed by atoms with E-state index in [1.807, 2.05) is 30.3 Å². The molecule has 4 rings (SSSR count). The maximum Gasteiger partial charge on any atom is 0.305 e. The molecule has 0 radical (unpaired) electrons. The zero-order chi connectivity index (χ0) is 26.7. The van der Waals surface area contributed by atoms with Crippen molar-refractivity contribution in [1.29, 1.82) is 0 Å². The highest BCUT2D eigenvalue weighted by Gasteiger charge is 2.20. The molecule has 0 bridgehead atoms. The minimum atomic E-state index is -0.149. The van der Waals surface area contributed by atoms with E-state index in [-0.39, 0.29) is 16.5 Å². The molecule has 0 aliphatic heterocycles. The Balaban J connectivity index is 1.22. The van der Waals surface area contributed by atoms with Crippen molar-refractivity contribution in [1.82, 2.24) is 20.5 Å². The highest BCUT2D eigenvalue weighted by atomic mass is 35.5. The summed E-state index contributed by atoms with van der Waals surface area (Å²) in [7, 11) is 0.